The Hall–Kier alpha value is 0.0600. The van der Waals surface area contributed by atoms with Crippen molar-refractivity contribution in [3.8, 4) is 0 Å². The van der Waals surface area contributed by atoms with Crippen LogP contribution in [0.4, 0.5) is 0 Å². The Bertz CT molecular complexity index is 363. The first-order valence-electron chi connectivity index (χ1n) is 5.83. The summed E-state index contributed by atoms with van der Waals surface area (Å²) in [4.78, 5) is 3.73. The summed E-state index contributed by atoms with van der Waals surface area (Å²) in [6.45, 7) is 4.38. The Labute approximate surface area is 115 Å². The predicted octanol–water partition coefficient (Wildman–Crippen LogP) is 2.31. The van der Waals surface area contributed by atoms with Crippen molar-refractivity contribution in [2.45, 2.75) is 13.0 Å². The van der Waals surface area contributed by atoms with Crippen LogP contribution in [0.1, 0.15) is 11.3 Å². The highest BCUT2D eigenvalue weighted by molar-refractivity contribution is 9.10. The molecule has 3 nitrogen and oxygen atoms in total. The lowest BCUT2D eigenvalue weighted by atomic mass is 9.87. The summed E-state index contributed by atoms with van der Waals surface area (Å²) < 4.78 is 6.67. The van der Waals surface area contributed by atoms with E-state index in [0.717, 1.165) is 32.7 Å². The second-order valence-electron chi connectivity index (χ2n) is 4.91. The van der Waals surface area contributed by atoms with Crippen LogP contribution in [0.25, 0.3) is 0 Å². The van der Waals surface area contributed by atoms with Crippen molar-refractivity contribution in [1.29, 1.82) is 0 Å². The van der Waals surface area contributed by atoms with Gasteiger partial charge in [-0.15, -0.1) is 11.3 Å². The minimum atomic E-state index is 0.170. The van der Waals surface area contributed by atoms with E-state index in [-0.39, 0.29) is 5.41 Å². The molecule has 1 atom stereocenters. The first-order valence-corrected chi connectivity index (χ1v) is 7.50. The zero-order valence-corrected chi connectivity index (χ0v) is 12.5. The third-order valence-corrected chi connectivity index (χ3v) is 4.95. The highest BCUT2D eigenvalue weighted by Gasteiger charge is 2.34. The van der Waals surface area contributed by atoms with Crippen LogP contribution in [0.15, 0.2) is 15.9 Å². The van der Waals surface area contributed by atoms with E-state index in [4.69, 9.17) is 10.5 Å². The van der Waals surface area contributed by atoms with E-state index in [1.165, 1.54) is 9.35 Å². The Morgan fingerprint density at radius 1 is 1.65 bits per heavy atom. The first-order chi connectivity index (χ1) is 8.13. The van der Waals surface area contributed by atoms with Gasteiger partial charge >= 0.3 is 0 Å². The van der Waals surface area contributed by atoms with Crippen LogP contribution < -0.4 is 5.73 Å². The number of nitrogens with two attached hydrogens (primary N) is 1. The topological polar surface area (TPSA) is 38.5 Å². The van der Waals surface area contributed by atoms with Crippen LogP contribution in [-0.4, -0.2) is 38.3 Å². The standard InChI is InChI=1S/C12H19BrN2OS/c1-15(5-11-4-10(13)6-17-11)8-12(7-14)2-3-16-9-12/h4,6H,2-3,5,7-9,14H2,1H3. The number of thiophene rings is 1. The molecule has 0 saturated carbocycles. The summed E-state index contributed by atoms with van der Waals surface area (Å²) >= 11 is 5.28. The lowest BCUT2D eigenvalue weighted by molar-refractivity contribution is 0.123. The van der Waals surface area contributed by atoms with Gasteiger partial charge < -0.3 is 15.4 Å². The fraction of sp³-hybridized carbons (Fsp3) is 0.667. The van der Waals surface area contributed by atoms with Crippen LogP contribution in [-0.2, 0) is 11.3 Å². The lowest BCUT2D eigenvalue weighted by Gasteiger charge is -2.30. The van der Waals surface area contributed by atoms with Gasteiger partial charge in [-0.1, -0.05) is 0 Å². The molecule has 1 unspecified atom stereocenters. The molecule has 17 heavy (non-hydrogen) atoms. The number of nitrogens with zero attached hydrogens (tertiary/aromatic N) is 1. The molecule has 2 heterocycles. The SMILES string of the molecule is CN(Cc1cc(Br)cs1)CC1(CN)CCOC1. The summed E-state index contributed by atoms with van der Waals surface area (Å²) in [5.74, 6) is 0. The van der Waals surface area contributed by atoms with Gasteiger partial charge in [0.05, 0.1) is 6.61 Å². The van der Waals surface area contributed by atoms with Crippen molar-refractivity contribution in [3.63, 3.8) is 0 Å². The van der Waals surface area contributed by atoms with Crippen molar-refractivity contribution in [2.75, 3.05) is 33.4 Å². The van der Waals surface area contributed by atoms with E-state index in [0.29, 0.717) is 6.54 Å². The molecular weight excluding hydrogens is 300 g/mol. The second-order valence-corrected chi connectivity index (χ2v) is 6.82. The molecule has 0 radical (unpaired) electrons. The highest BCUT2D eigenvalue weighted by atomic mass is 79.9. The Morgan fingerprint density at radius 2 is 2.47 bits per heavy atom. The maximum Gasteiger partial charge on any atom is 0.0547 e. The molecule has 0 amide bonds. The average Bonchev–Trinajstić information content (AvgIpc) is 2.89. The van der Waals surface area contributed by atoms with Gasteiger partial charge in [0.15, 0.2) is 0 Å². The van der Waals surface area contributed by atoms with Gasteiger partial charge in [-0.25, -0.2) is 0 Å². The van der Waals surface area contributed by atoms with Gasteiger partial charge in [0.25, 0.3) is 0 Å². The monoisotopic (exact) mass is 318 g/mol. The Kier molecular flexibility index (Phi) is 4.60. The van der Waals surface area contributed by atoms with Crippen LogP contribution in [0, 0.1) is 5.41 Å². The maximum atomic E-state index is 5.90. The first kappa shape index (κ1) is 13.5. The molecule has 0 aliphatic carbocycles. The molecule has 0 spiro atoms. The average molecular weight is 319 g/mol. The quantitative estimate of drug-likeness (QED) is 0.905. The number of halogens is 1. The summed E-state index contributed by atoms with van der Waals surface area (Å²) in [5, 5.41) is 2.13. The maximum absolute atomic E-state index is 5.90. The molecule has 1 aromatic rings. The summed E-state index contributed by atoms with van der Waals surface area (Å²) in [5.41, 5.74) is 6.07. The molecule has 0 aromatic carbocycles. The largest absolute Gasteiger partial charge is 0.381 e. The number of ether oxygens (including phenoxy) is 1. The normalized spacial score (nSPS) is 24.7. The van der Waals surface area contributed by atoms with E-state index in [1.807, 2.05) is 0 Å². The van der Waals surface area contributed by atoms with Crippen LogP contribution in [0.2, 0.25) is 0 Å². The minimum absolute atomic E-state index is 0.170. The van der Waals surface area contributed by atoms with Crippen molar-refractivity contribution in [3.05, 3.63) is 20.8 Å². The number of hydrogen-bond donors (Lipinski definition) is 1. The van der Waals surface area contributed by atoms with Crippen LogP contribution in [0.5, 0.6) is 0 Å². The zero-order chi connectivity index (χ0) is 12.3. The predicted molar refractivity (Wildman–Crippen MR) is 75.3 cm³/mol. The Morgan fingerprint density at radius 3 is 3.00 bits per heavy atom. The van der Waals surface area contributed by atoms with E-state index in [9.17, 15) is 0 Å². The molecule has 1 fully saturated rings. The van der Waals surface area contributed by atoms with Gasteiger partial charge in [-0.2, -0.15) is 0 Å². The fourth-order valence-electron chi connectivity index (χ4n) is 2.33. The van der Waals surface area contributed by atoms with Crippen LogP contribution >= 0.6 is 27.3 Å². The molecule has 1 aromatic heterocycles. The van der Waals surface area contributed by atoms with Gasteiger partial charge in [0, 0.05) is 46.4 Å². The molecule has 1 saturated heterocycles. The minimum Gasteiger partial charge on any atom is -0.381 e. The van der Waals surface area contributed by atoms with Gasteiger partial charge in [0.2, 0.25) is 0 Å². The fourth-order valence-corrected chi connectivity index (χ4v) is 3.86. The molecular formula is C12H19BrN2OS. The lowest BCUT2D eigenvalue weighted by Crippen LogP contribution is -2.41. The van der Waals surface area contributed by atoms with E-state index < -0.39 is 0 Å². The molecule has 96 valence electrons. The molecule has 1 aliphatic rings. The smallest absolute Gasteiger partial charge is 0.0547 e. The molecule has 0 bridgehead atoms. The molecule has 1 aliphatic heterocycles. The summed E-state index contributed by atoms with van der Waals surface area (Å²) in [7, 11) is 2.16. The zero-order valence-electron chi connectivity index (χ0n) is 10.1. The summed E-state index contributed by atoms with van der Waals surface area (Å²) in [6.07, 6.45) is 1.09. The van der Waals surface area contributed by atoms with Crippen molar-refractivity contribution in [2.24, 2.45) is 11.1 Å². The third-order valence-electron chi connectivity index (χ3n) is 3.27. The van der Waals surface area contributed by atoms with Gasteiger partial charge in [-0.3, -0.25) is 0 Å². The highest BCUT2D eigenvalue weighted by Crippen LogP contribution is 2.29. The van der Waals surface area contributed by atoms with Gasteiger partial charge in [-0.05, 0) is 35.5 Å². The van der Waals surface area contributed by atoms with E-state index in [2.05, 4.69) is 39.3 Å². The second kappa shape index (κ2) is 5.80. The Balaban J connectivity index is 1.90. The van der Waals surface area contributed by atoms with Crippen LogP contribution in [0.3, 0.4) is 0 Å². The van der Waals surface area contributed by atoms with Crippen molar-refractivity contribution < 1.29 is 4.74 Å². The molecule has 5 heteroatoms. The van der Waals surface area contributed by atoms with Crippen molar-refractivity contribution >= 4 is 27.3 Å². The number of hydrogen-bond acceptors (Lipinski definition) is 4. The third kappa shape index (κ3) is 3.51. The van der Waals surface area contributed by atoms with E-state index in [1.54, 1.807) is 11.3 Å². The summed E-state index contributed by atoms with van der Waals surface area (Å²) in [6, 6.07) is 2.18. The van der Waals surface area contributed by atoms with E-state index >= 15 is 0 Å². The van der Waals surface area contributed by atoms with Gasteiger partial charge in [0.1, 0.15) is 0 Å². The molecule has 2 rings (SSSR count). The van der Waals surface area contributed by atoms with Crippen molar-refractivity contribution in [1.82, 2.24) is 4.90 Å². The molecule has 2 N–H and O–H groups in total. The number of rotatable bonds is 5.